The van der Waals surface area contributed by atoms with Crippen molar-refractivity contribution in [3.05, 3.63) is 87.5 Å². The van der Waals surface area contributed by atoms with E-state index in [9.17, 15) is 15.3 Å². The first-order chi connectivity index (χ1) is 16.2. The molecule has 0 aliphatic carbocycles. The molecule has 34 heavy (non-hydrogen) atoms. The van der Waals surface area contributed by atoms with Crippen LogP contribution in [0.1, 0.15) is 90.8 Å². The van der Waals surface area contributed by atoms with Crippen molar-refractivity contribution in [1.29, 1.82) is 0 Å². The summed E-state index contributed by atoms with van der Waals surface area (Å²) in [6, 6.07) is 15.5. The van der Waals surface area contributed by atoms with Crippen LogP contribution >= 0.6 is 0 Å². The third-order valence-electron chi connectivity index (χ3n) is 7.27. The lowest BCUT2D eigenvalue weighted by molar-refractivity contribution is 0.462. The van der Waals surface area contributed by atoms with Gasteiger partial charge in [-0.05, 0) is 97.3 Å². The van der Waals surface area contributed by atoms with Gasteiger partial charge in [-0.25, -0.2) is 0 Å². The van der Waals surface area contributed by atoms with Gasteiger partial charge >= 0.3 is 0 Å². The number of phenols is 3. The Morgan fingerprint density at radius 2 is 1.06 bits per heavy atom. The molecule has 0 heterocycles. The molecule has 0 saturated carbocycles. The molecule has 0 atom stereocenters. The molecule has 0 unspecified atom stereocenters. The van der Waals surface area contributed by atoms with E-state index in [0.29, 0.717) is 11.5 Å². The average molecular weight is 461 g/mol. The molecule has 3 heteroatoms. The van der Waals surface area contributed by atoms with Crippen molar-refractivity contribution < 1.29 is 15.3 Å². The Morgan fingerprint density at radius 3 is 1.56 bits per heavy atom. The lowest BCUT2D eigenvalue weighted by atomic mass is 9.63. The Labute approximate surface area is 205 Å². The molecule has 3 aromatic carbocycles. The maximum Gasteiger partial charge on any atom is 0.118 e. The standard InChI is InChI=1S/C31H40O3/c1-6-7-8-9-10-11-16-31(25-12-14-26(32)15-13-25,27-17-23(4)29(33)19-21(27)2)28-18-24(5)30(34)20-22(28)3/h12-15,17-20,32-34H,6-11,16H2,1-5H3. The summed E-state index contributed by atoms with van der Waals surface area (Å²) in [6.07, 6.45) is 8.11. The number of hydrogen-bond acceptors (Lipinski definition) is 3. The Bertz CT molecular complexity index is 1060. The van der Waals surface area contributed by atoms with Gasteiger partial charge < -0.3 is 15.3 Å². The van der Waals surface area contributed by atoms with E-state index in [4.69, 9.17) is 0 Å². The highest BCUT2D eigenvalue weighted by molar-refractivity contribution is 5.59. The first-order valence-corrected chi connectivity index (χ1v) is 12.6. The smallest absolute Gasteiger partial charge is 0.118 e. The number of unbranched alkanes of at least 4 members (excludes halogenated alkanes) is 5. The Morgan fingerprint density at radius 1 is 0.588 bits per heavy atom. The van der Waals surface area contributed by atoms with Gasteiger partial charge in [-0.1, -0.05) is 69.7 Å². The van der Waals surface area contributed by atoms with Gasteiger partial charge in [0.1, 0.15) is 17.2 Å². The van der Waals surface area contributed by atoms with E-state index in [-0.39, 0.29) is 5.75 Å². The Balaban J connectivity index is 2.27. The summed E-state index contributed by atoms with van der Waals surface area (Å²) in [5.74, 6) is 0.854. The maximum atomic E-state index is 10.4. The third-order valence-corrected chi connectivity index (χ3v) is 7.27. The number of benzene rings is 3. The summed E-state index contributed by atoms with van der Waals surface area (Å²) >= 11 is 0. The topological polar surface area (TPSA) is 60.7 Å². The molecule has 3 N–H and O–H groups in total. The van der Waals surface area contributed by atoms with Crippen molar-refractivity contribution in [2.24, 2.45) is 0 Å². The number of hydrogen-bond donors (Lipinski definition) is 3. The second-order valence-electron chi connectivity index (χ2n) is 9.88. The van der Waals surface area contributed by atoms with Crippen LogP contribution in [0.4, 0.5) is 0 Å². The fraction of sp³-hybridized carbons (Fsp3) is 0.419. The third kappa shape index (κ3) is 5.24. The van der Waals surface area contributed by atoms with E-state index in [0.717, 1.165) is 58.2 Å². The first kappa shape index (κ1) is 25.7. The predicted molar refractivity (Wildman–Crippen MR) is 141 cm³/mol. The molecule has 0 aliphatic heterocycles. The minimum Gasteiger partial charge on any atom is -0.508 e. The second-order valence-corrected chi connectivity index (χ2v) is 9.88. The first-order valence-electron chi connectivity index (χ1n) is 12.6. The van der Waals surface area contributed by atoms with E-state index in [1.807, 2.05) is 38.1 Å². The molecule has 3 nitrogen and oxygen atoms in total. The molecule has 3 aromatic rings. The van der Waals surface area contributed by atoms with Gasteiger partial charge in [0.15, 0.2) is 0 Å². The van der Waals surface area contributed by atoms with Crippen LogP contribution < -0.4 is 0 Å². The van der Waals surface area contributed by atoms with Crippen LogP contribution in [0.3, 0.4) is 0 Å². The van der Waals surface area contributed by atoms with Crippen LogP contribution in [0.15, 0.2) is 48.5 Å². The van der Waals surface area contributed by atoms with Crippen LogP contribution in [0, 0.1) is 27.7 Å². The van der Waals surface area contributed by atoms with Crippen LogP contribution in [0.25, 0.3) is 0 Å². The zero-order chi connectivity index (χ0) is 24.9. The van der Waals surface area contributed by atoms with Crippen molar-refractivity contribution in [3.63, 3.8) is 0 Å². The predicted octanol–water partition coefficient (Wildman–Crippen LogP) is 8.12. The van der Waals surface area contributed by atoms with E-state index >= 15 is 0 Å². The van der Waals surface area contributed by atoms with Crippen molar-refractivity contribution in [1.82, 2.24) is 0 Å². The highest BCUT2D eigenvalue weighted by atomic mass is 16.3. The monoisotopic (exact) mass is 460 g/mol. The van der Waals surface area contributed by atoms with E-state index in [1.54, 1.807) is 12.1 Å². The molecular weight excluding hydrogens is 420 g/mol. The van der Waals surface area contributed by atoms with E-state index in [2.05, 4.69) is 32.9 Å². The van der Waals surface area contributed by atoms with Crippen molar-refractivity contribution in [2.45, 2.75) is 85.0 Å². The van der Waals surface area contributed by atoms with Crippen LogP contribution in [-0.4, -0.2) is 15.3 Å². The van der Waals surface area contributed by atoms with Crippen LogP contribution in [0.5, 0.6) is 17.2 Å². The van der Waals surface area contributed by atoms with Gasteiger partial charge in [0, 0.05) is 5.41 Å². The highest BCUT2D eigenvalue weighted by Crippen LogP contribution is 2.48. The average Bonchev–Trinajstić information content (AvgIpc) is 2.80. The lowest BCUT2D eigenvalue weighted by Gasteiger charge is -2.39. The molecule has 0 aromatic heterocycles. The van der Waals surface area contributed by atoms with Crippen LogP contribution in [-0.2, 0) is 5.41 Å². The van der Waals surface area contributed by atoms with Gasteiger partial charge in [0.2, 0.25) is 0 Å². The van der Waals surface area contributed by atoms with Gasteiger partial charge in [0.25, 0.3) is 0 Å². The van der Waals surface area contributed by atoms with Gasteiger partial charge in [-0.3, -0.25) is 0 Å². The zero-order valence-corrected chi connectivity index (χ0v) is 21.4. The molecule has 0 aliphatic rings. The number of aryl methyl sites for hydroxylation is 4. The summed E-state index contributed by atoms with van der Waals surface area (Å²) in [5, 5.41) is 30.9. The van der Waals surface area contributed by atoms with Crippen LogP contribution in [0.2, 0.25) is 0 Å². The number of aromatic hydroxyl groups is 3. The Kier molecular flexibility index (Phi) is 8.30. The second kappa shape index (κ2) is 11.0. The molecule has 0 radical (unpaired) electrons. The summed E-state index contributed by atoms with van der Waals surface area (Å²) in [6.45, 7) is 10.3. The fourth-order valence-electron chi connectivity index (χ4n) is 5.31. The lowest BCUT2D eigenvalue weighted by Crippen LogP contribution is -2.31. The molecule has 0 bridgehead atoms. The highest BCUT2D eigenvalue weighted by Gasteiger charge is 2.39. The van der Waals surface area contributed by atoms with Gasteiger partial charge in [0.05, 0.1) is 0 Å². The number of phenolic OH excluding ortho intramolecular Hbond substituents is 3. The SMILES string of the molecule is CCCCCCCCC(c1ccc(O)cc1)(c1cc(C)c(O)cc1C)c1cc(C)c(O)cc1C. The van der Waals surface area contributed by atoms with E-state index < -0.39 is 5.41 Å². The summed E-state index contributed by atoms with van der Waals surface area (Å²) in [5.41, 5.74) is 6.73. The quantitative estimate of drug-likeness (QED) is 0.211. The zero-order valence-electron chi connectivity index (χ0n) is 21.4. The van der Waals surface area contributed by atoms with Crippen molar-refractivity contribution >= 4 is 0 Å². The molecule has 0 saturated heterocycles. The minimum atomic E-state index is -0.469. The van der Waals surface area contributed by atoms with Crippen molar-refractivity contribution in [3.8, 4) is 17.2 Å². The molecule has 0 amide bonds. The van der Waals surface area contributed by atoms with E-state index in [1.165, 1.54) is 25.7 Å². The fourth-order valence-corrected chi connectivity index (χ4v) is 5.31. The largest absolute Gasteiger partial charge is 0.508 e. The molecule has 0 fully saturated rings. The normalized spacial score (nSPS) is 11.7. The number of rotatable bonds is 10. The molecular formula is C31H40O3. The summed E-state index contributed by atoms with van der Waals surface area (Å²) in [4.78, 5) is 0. The minimum absolute atomic E-state index is 0.245. The molecule has 3 rings (SSSR count). The van der Waals surface area contributed by atoms with Gasteiger partial charge in [-0.15, -0.1) is 0 Å². The van der Waals surface area contributed by atoms with Gasteiger partial charge in [-0.2, -0.15) is 0 Å². The molecule has 182 valence electrons. The summed E-state index contributed by atoms with van der Waals surface area (Å²) in [7, 11) is 0. The van der Waals surface area contributed by atoms with Crippen molar-refractivity contribution in [2.75, 3.05) is 0 Å². The Hall–Kier alpha value is -2.94. The summed E-state index contributed by atoms with van der Waals surface area (Å²) < 4.78 is 0. The maximum absolute atomic E-state index is 10.4. The molecule has 0 spiro atoms.